The highest BCUT2D eigenvalue weighted by Gasteiger charge is 2.59. The molecule has 0 radical (unpaired) electrons. The molecule has 1 rings (SSSR count). The third-order valence-electron chi connectivity index (χ3n) is 1.69. The van der Waals surface area contributed by atoms with Crippen LogP contribution in [0.5, 0.6) is 0 Å². The van der Waals surface area contributed by atoms with Crippen molar-refractivity contribution in [3.8, 4) is 0 Å². The first-order valence-corrected chi connectivity index (χ1v) is 6.24. The Balaban J connectivity index is 3.34. The fourth-order valence-corrected chi connectivity index (χ4v) is 3.52. The number of rotatable bonds is 0. The van der Waals surface area contributed by atoms with Gasteiger partial charge in [-0.05, 0) is 0 Å². The lowest BCUT2D eigenvalue weighted by molar-refractivity contribution is 0.615. The lowest BCUT2D eigenvalue weighted by atomic mass is 10.0. The van der Waals surface area contributed by atoms with E-state index in [9.17, 15) is 0 Å². The fraction of sp³-hybridized carbons (Fsp3) is 0.667. The van der Waals surface area contributed by atoms with Crippen LogP contribution >= 0.6 is 92.8 Å². The summed E-state index contributed by atoms with van der Waals surface area (Å²) in [6, 6.07) is 0. The highest BCUT2D eigenvalue weighted by atomic mass is 35.5. The van der Waals surface area contributed by atoms with Gasteiger partial charge in [0.25, 0.3) is 0 Å². The van der Waals surface area contributed by atoms with Crippen molar-refractivity contribution in [2.24, 2.45) is 0 Å². The summed E-state index contributed by atoms with van der Waals surface area (Å²) in [5, 5.41) is -0.229. The molecule has 0 saturated carbocycles. The average molecular weight is 358 g/mol. The molecule has 1 aliphatic carbocycles. The van der Waals surface area contributed by atoms with Gasteiger partial charge in [0.15, 0.2) is 13.0 Å². The minimum absolute atomic E-state index is 0.0653. The van der Waals surface area contributed by atoms with Gasteiger partial charge < -0.3 is 0 Å². The van der Waals surface area contributed by atoms with Gasteiger partial charge in [0.1, 0.15) is 0 Å². The van der Waals surface area contributed by atoms with E-state index in [-0.39, 0.29) is 16.5 Å². The Kier molecular flexibility index (Phi) is 4.10. The SMILES string of the molecule is ClC1=C(Cl)C(Cl)(Cl)C(Cl)(Cl)CC1(Cl)Cl. The molecule has 8 heteroatoms. The molecule has 14 heavy (non-hydrogen) atoms. The summed E-state index contributed by atoms with van der Waals surface area (Å²) in [5.74, 6) is 0. The minimum Gasteiger partial charge on any atom is -0.0977 e. The van der Waals surface area contributed by atoms with Crippen molar-refractivity contribution >= 4 is 92.8 Å². The number of alkyl halides is 6. The predicted molar refractivity (Wildman–Crippen MR) is 66.7 cm³/mol. The molecule has 0 atom stereocenters. The summed E-state index contributed by atoms with van der Waals surface area (Å²) in [4.78, 5) is 0. The Morgan fingerprint density at radius 1 is 0.786 bits per heavy atom. The van der Waals surface area contributed by atoms with E-state index in [1.54, 1.807) is 0 Å². The molecule has 0 aromatic heterocycles. The maximum atomic E-state index is 5.86. The molecule has 82 valence electrons. The lowest BCUT2D eigenvalue weighted by Gasteiger charge is -2.41. The van der Waals surface area contributed by atoms with Crippen molar-refractivity contribution in [1.82, 2.24) is 0 Å². The average Bonchev–Trinajstić information content (AvgIpc) is 1.97. The fourth-order valence-electron chi connectivity index (χ4n) is 0.926. The Labute approximate surface area is 121 Å². The minimum atomic E-state index is -1.72. The topological polar surface area (TPSA) is 0 Å². The van der Waals surface area contributed by atoms with Crippen LogP contribution in [0.1, 0.15) is 6.42 Å². The van der Waals surface area contributed by atoms with Crippen LogP contribution in [0.2, 0.25) is 0 Å². The molecule has 0 heterocycles. The summed E-state index contributed by atoms with van der Waals surface area (Å²) < 4.78 is -4.80. The van der Waals surface area contributed by atoms with Crippen LogP contribution in [0.4, 0.5) is 0 Å². The van der Waals surface area contributed by atoms with Gasteiger partial charge in [-0.1, -0.05) is 92.8 Å². The first kappa shape index (κ1) is 14.1. The zero-order valence-corrected chi connectivity index (χ0v) is 12.3. The van der Waals surface area contributed by atoms with Gasteiger partial charge in [0.05, 0.1) is 10.1 Å². The van der Waals surface area contributed by atoms with Crippen LogP contribution in [0.25, 0.3) is 0 Å². The second-order valence-electron chi connectivity index (χ2n) is 2.79. The van der Waals surface area contributed by atoms with Gasteiger partial charge in [0.2, 0.25) is 0 Å². The highest BCUT2D eigenvalue weighted by Crippen LogP contribution is 2.61. The molecule has 0 amide bonds. The first-order valence-electron chi connectivity index (χ1n) is 3.22. The molecule has 0 aromatic rings. The maximum Gasteiger partial charge on any atom is 0.187 e. The highest BCUT2D eigenvalue weighted by molar-refractivity contribution is 6.70. The first-order chi connectivity index (χ1) is 6.02. The summed E-state index contributed by atoms with van der Waals surface area (Å²) in [6.07, 6.45) is -0.131. The van der Waals surface area contributed by atoms with Crippen LogP contribution in [0.3, 0.4) is 0 Å². The largest absolute Gasteiger partial charge is 0.187 e. The number of halogens is 8. The molecule has 0 unspecified atom stereocenters. The van der Waals surface area contributed by atoms with Gasteiger partial charge in [-0.15, -0.1) is 0 Å². The van der Waals surface area contributed by atoms with Gasteiger partial charge in [-0.25, -0.2) is 0 Å². The molecule has 0 spiro atoms. The molecule has 0 N–H and O–H groups in total. The van der Waals surface area contributed by atoms with Crippen molar-refractivity contribution in [2.45, 2.75) is 19.4 Å². The van der Waals surface area contributed by atoms with Crippen molar-refractivity contribution in [3.63, 3.8) is 0 Å². The third kappa shape index (κ3) is 2.19. The predicted octanol–water partition coefficient (Wildman–Crippen LogP) is 5.60. The Morgan fingerprint density at radius 2 is 1.21 bits per heavy atom. The van der Waals surface area contributed by atoms with Crippen LogP contribution < -0.4 is 0 Å². The number of allylic oxidation sites excluding steroid dienone is 2. The van der Waals surface area contributed by atoms with Gasteiger partial charge in [0, 0.05) is 6.42 Å². The smallest absolute Gasteiger partial charge is 0.0977 e. The maximum absolute atomic E-state index is 5.86. The third-order valence-corrected chi connectivity index (χ3v) is 6.05. The molecule has 0 bridgehead atoms. The van der Waals surface area contributed by atoms with Crippen LogP contribution in [0, 0.1) is 0 Å². The van der Waals surface area contributed by atoms with Crippen molar-refractivity contribution in [3.05, 3.63) is 10.1 Å². The van der Waals surface area contributed by atoms with E-state index in [4.69, 9.17) is 92.8 Å². The molecule has 1 aliphatic rings. The van der Waals surface area contributed by atoms with Crippen LogP contribution in [0.15, 0.2) is 10.1 Å². The second kappa shape index (κ2) is 4.07. The molecule has 0 nitrogen and oxygen atoms in total. The van der Waals surface area contributed by atoms with E-state index >= 15 is 0 Å². The van der Waals surface area contributed by atoms with E-state index in [0.29, 0.717) is 0 Å². The van der Waals surface area contributed by atoms with E-state index in [2.05, 4.69) is 0 Å². The van der Waals surface area contributed by atoms with Gasteiger partial charge >= 0.3 is 0 Å². The number of hydrogen-bond acceptors (Lipinski definition) is 0. The Morgan fingerprint density at radius 3 is 1.64 bits per heavy atom. The Bertz CT molecular complexity index is 288. The molecule has 0 aromatic carbocycles. The van der Waals surface area contributed by atoms with Crippen molar-refractivity contribution in [2.75, 3.05) is 0 Å². The number of hydrogen-bond donors (Lipinski definition) is 0. The summed E-state index contributed by atoms with van der Waals surface area (Å²) >= 11 is 46.6. The quantitative estimate of drug-likeness (QED) is 0.495. The molecule has 0 fully saturated rings. The van der Waals surface area contributed by atoms with Gasteiger partial charge in [-0.3, -0.25) is 0 Å². The normalized spacial score (nSPS) is 29.1. The lowest BCUT2D eigenvalue weighted by Crippen LogP contribution is -2.46. The zero-order valence-electron chi connectivity index (χ0n) is 6.23. The summed E-state index contributed by atoms with van der Waals surface area (Å²) in [7, 11) is 0. The van der Waals surface area contributed by atoms with E-state index in [0.717, 1.165) is 0 Å². The summed E-state index contributed by atoms with van der Waals surface area (Å²) in [6.45, 7) is 0. The van der Waals surface area contributed by atoms with Crippen molar-refractivity contribution in [1.29, 1.82) is 0 Å². The van der Waals surface area contributed by atoms with E-state index < -0.39 is 13.0 Å². The standard InChI is InChI=1S/C6H2Cl8/c7-2-3(8)6(13,14)5(11,12)1-4(2,9)10/h1H2. The van der Waals surface area contributed by atoms with Gasteiger partial charge in [-0.2, -0.15) is 0 Å². The van der Waals surface area contributed by atoms with E-state index in [1.807, 2.05) is 0 Å². The van der Waals surface area contributed by atoms with Crippen molar-refractivity contribution < 1.29 is 0 Å². The molecule has 0 saturated heterocycles. The zero-order chi connectivity index (χ0) is 11.4. The molecular formula is C6H2Cl8. The van der Waals surface area contributed by atoms with Crippen LogP contribution in [-0.2, 0) is 0 Å². The second-order valence-corrected chi connectivity index (χ2v) is 7.84. The van der Waals surface area contributed by atoms with Crippen LogP contribution in [-0.4, -0.2) is 13.0 Å². The molecule has 0 aliphatic heterocycles. The monoisotopic (exact) mass is 354 g/mol. The van der Waals surface area contributed by atoms with E-state index in [1.165, 1.54) is 0 Å². The Hall–Kier alpha value is 2.06. The summed E-state index contributed by atoms with van der Waals surface area (Å²) in [5.41, 5.74) is 0. The molecular weight excluding hydrogens is 356 g/mol.